The summed E-state index contributed by atoms with van der Waals surface area (Å²) in [6.45, 7) is 3.44. The van der Waals surface area contributed by atoms with E-state index in [9.17, 15) is 0 Å². The number of hydrogen-bond acceptors (Lipinski definition) is 3. The summed E-state index contributed by atoms with van der Waals surface area (Å²) in [6, 6.07) is 0. The first kappa shape index (κ1) is 10.2. The molecule has 0 bridgehead atoms. The van der Waals surface area contributed by atoms with E-state index in [2.05, 4.69) is 0 Å². The quantitative estimate of drug-likeness (QED) is 0.525. The summed E-state index contributed by atoms with van der Waals surface area (Å²) in [5.41, 5.74) is 0. The topological polar surface area (TPSA) is 54.4 Å². The van der Waals surface area contributed by atoms with Crippen molar-refractivity contribution in [3.63, 3.8) is 0 Å². The standard InChI is InChI=1S/C3H8O.2O.V/c1-3(2)4;;;/h3-4H,1-2H3;;;. The second-order valence-electron chi connectivity index (χ2n) is 1.17. The van der Waals surface area contributed by atoms with Crippen molar-refractivity contribution < 1.29 is 28.6 Å². The van der Waals surface area contributed by atoms with Crippen molar-refractivity contribution in [3.8, 4) is 0 Å². The van der Waals surface area contributed by atoms with Crippen LogP contribution in [0, 0.1) is 0 Å². The van der Waals surface area contributed by atoms with Gasteiger partial charge in [0.05, 0.1) is 0 Å². The molecule has 0 atom stereocenters. The first-order chi connectivity index (χ1) is 3.15. The van der Waals surface area contributed by atoms with Crippen molar-refractivity contribution in [3.05, 3.63) is 0 Å². The van der Waals surface area contributed by atoms with Crippen LogP contribution in [-0.2, 0) is 23.5 Å². The summed E-state index contributed by atoms with van der Waals surface area (Å²) in [7, 11) is 0. The SMILES string of the molecule is CC(C)O.[O]=[V]=[O]. The number of aliphatic hydroxyl groups excluding tert-OH is 1. The van der Waals surface area contributed by atoms with Crippen LogP contribution in [0.25, 0.3) is 0 Å². The van der Waals surface area contributed by atoms with Crippen LogP contribution in [0.3, 0.4) is 0 Å². The molecule has 0 aliphatic carbocycles. The molecule has 0 radical (unpaired) electrons. The van der Waals surface area contributed by atoms with Crippen molar-refractivity contribution in [2.75, 3.05) is 0 Å². The number of aliphatic hydroxyl groups is 1. The third-order valence-corrected chi connectivity index (χ3v) is 0. The van der Waals surface area contributed by atoms with Crippen LogP contribution in [0.15, 0.2) is 0 Å². The molecule has 3 nitrogen and oxygen atoms in total. The van der Waals surface area contributed by atoms with Gasteiger partial charge < -0.3 is 5.11 Å². The molecule has 0 spiro atoms. The van der Waals surface area contributed by atoms with Crippen LogP contribution >= 0.6 is 0 Å². The van der Waals surface area contributed by atoms with Gasteiger partial charge in [-0.3, -0.25) is 0 Å². The fourth-order valence-corrected chi connectivity index (χ4v) is 0. The first-order valence-corrected chi connectivity index (χ1v) is 2.92. The van der Waals surface area contributed by atoms with Gasteiger partial charge in [-0.05, 0) is 13.8 Å². The molecule has 43 valence electrons. The molecule has 0 aromatic rings. The van der Waals surface area contributed by atoms with E-state index in [0.29, 0.717) is 0 Å². The Bertz CT molecular complexity index is 52.4. The molecule has 4 heteroatoms. The Hall–Kier alpha value is 0.144. The third-order valence-electron chi connectivity index (χ3n) is 0. The molecule has 0 rings (SSSR count). The van der Waals surface area contributed by atoms with Crippen LogP contribution in [0.2, 0.25) is 0 Å². The van der Waals surface area contributed by atoms with Gasteiger partial charge in [0.25, 0.3) is 0 Å². The predicted octanol–water partition coefficient (Wildman–Crippen LogP) is 0.147. The monoisotopic (exact) mass is 143 g/mol. The molecule has 0 saturated carbocycles. The van der Waals surface area contributed by atoms with Crippen molar-refractivity contribution in [2.45, 2.75) is 20.0 Å². The van der Waals surface area contributed by atoms with E-state index in [1.54, 1.807) is 13.8 Å². The maximum atomic E-state index is 8.47. The van der Waals surface area contributed by atoms with Crippen LogP contribution in [0.1, 0.15) is 13.8 Å². The molecule has 0 saturated heterocycles. The molecule has 0 amide bonds. The first-order valence-electron chi connectivity index (χ1n) is 1.78. The normalized spacial score (nSPS) is 6.29. The fourth-order valence-electron chi connectivity index (χ4n) is 0. The molecule has 7 heavy (non-hydrogen) atoms. The summed E-state index contributed by atoms with van der Waals surface area (Å²) < 4.78 is 16.9. The molecule has 0 aromatic heterocycles. The Kier molecular flexibility index (Phi) is 13.8. The summed E-state index contributed by atoms with van der Waals surface area (Å²) in [4.78, 5) is 0. The molecule has 0 fully saturated rings. The van der Waals surface area contributed by atoms with Crippen LogP contribution in [0.4, 0.5) is 0 Å². The van der Waals surface area contributed by atoms with Crippen molar-refractivity contribution >= 4 is 0 Å². The predicted molar refractivity (Wildman–Crippen MR) is 18.7 cm³/mol. The third kappa shape index (κ3) is 5060. The van der Waals surface area contributed by atoms with Gasteiger partial charge in [-0.25, -0.2) is 0 Å². The summed E-state index contributed by atoms with van der Waals surface area (Å²) in [6.07, 6.45) is -0.167. The van der Waals surface area contributed by atoms with E-state index in [4.69, 9.17) is 12.5 Å². The summed E-state index contributed by atoms with van der Waals surface area (Å²) >= 11 is -1.81. The molecule has 0 aliphatic heterocycles. The van der Waals surface area contributed by atoms with Crippen molar-refractivity contribution in [1.82, 2.24) is 0 Å². The molecule has 0 aliphatic rings. The maximum absolute atomic E-state index is 8.47. The van der Waals surface area contributed by atoms with Gasteiger partial charge in [0, 0.05) is 6.10 Å². The molecular weight excluding hydrogens is 135 g/mol. The Labute approximate surface area is 49.3 Å². The average molecular weight is 143 g/mol. The fraction of sp³-hybridized carbons (Fsp3) is 1.00. The Morgan fingerprint density at radius 1 is 1.43 bits per heavy atom. The zero-order valence-corrected chi connectivity index (χ0v) is 5.68. The van der Waals surface area contributed by atoms with Gasteiger partial charge in [0.1, 0.15) is 0 Å². The molecule has 0 unspecified atom stereocenters. The van der Waals surface area contributed by atoms with Gasteiger partial charge >= 0.3 is 23.5 Å². The van der Waals surface area contributed by atoms with Crippen LogP contribution in [0.5, 0.6) is 0 Å². The molecular formula is C3H8O3V. The molecule has 0 aromatic carbocycles. The van der Waals surface area contributed by atoms with E-state index < -0.39 is 16.2 Å². The van der Waals surface area contributed by atoms with E-state index in [1.165, 1.54) is 0 Å². The molecule has 1 N–H and O–H groups in total. The Balaban J connectivity index is 0. The van der Waals surface area contributed by atoms with Crippen LogP contribution in [-0.4, -0.2) is 11.2 Å². The Morgan fingerprint density at radius 3 is 1.43 bits per heavy atom. The summed E-state index contributed by atoms with van der Waals surface area (Å²) in [5, 5.41) is 8.06. The molecule has 0 heterocycles. The van der Waals surface area contributed by atoms with Crippen molar-refractivity contribution in [2.24, 2.45) is 0 Å². The van der Waals surface area contributed by atoms with Gasteiger partial charge in [-0.2, -0.15) is 0 Å². The van der Waals surface area contributed by atoms with Gasteiger partial charge in [0.15, 0.2) is 0 Å². The minimum atomic E-state index is -1.81. The van der Waals surface area contributed by atoms with Crippen LogP contribution < -0.4 is 0 Å². The second kappa shape index (κ2) is 9.47. The van der Waals surface area contributed by atoms with Gasteiger partial charge in [-0.15, -0.1) is 0 Å². The van der Waals surface area contributed by atoms with Gasteiger partial charge in [-0.1, -0.05) is 0 Å². The summed E-state index contributed by atoms with van der Waals surface area (Å²) in [5.74, 6) is 0. The average Bonchev–Trinajstić information content (AvgIpc) is 1.33. The minimum absolute atomic E-state index is 0.167. The number of hydrogen-bond donors (Lipinski definition) is 1. The van der Waals surface area contributed by atoms with E-state index >= 15 is 0 Å². The zero-order chi connectivity index (χ0) is 6.28. The van der Waals surface area contributed by atoms with Crippen molar-refractivity contribution in [1.29, 1.82) is 0 Å². The van der Waals surface area contributed by atoms with E-state index in [-0.39, 0.29) is 6.10 Å². The Morgan fingerprint density at radius 2 is 1.43 bits per heavy atom. The number of rotatable bonds is 0. The second-order valence-corrected chi connectivity index (χ2v) is 1.40. The van der Waals surface area contributed by atoms with E-state index in [0.717, 1.165) is 0 Å². The zero-order valence-electron chi connectivity index (χ0n) is 4.29. The van der Waals surface area contributed by atoms with Gasteiger partial charge in [0.2, 0.25) is 0 Å². The van der Waals surface area contributed by atoms with E-state index in [1.807, 2.05) is 0 Å².